The van der Waals surface area contributed by atoms with Crippen LogP contribution in [-0.4, -0.2) is 49.5 Å². The summed E-state index contributed by atoms with van der Waals surface area (Å²) < 4.78 is 3.83. The van der Waals surface area contributed by atoms with Crippen LogP contribution in [0.3, 0.4) is 0 Å². The maximum atomic E-state index is 12.5. The van der Waals surface area contributed by atoms with Gasteiger partial charge in [0, 0.05) is 31.5 Å². The lowest BCUT2D eigenvalue weighted by Crippen LogP contribution is -2.55. The van der Waals surface area contributed by atoms with Crippen molar-refractivity contribution in [2.45, 2.75) is 45.3 Å². The van der Waals surface area contributed by atoms with Gasteiger partial charge in [-0.3, -0.25) is 14.4 Å². The number of carbonyl (C=O) groups is 1. The van der Waals surface area contributed by atoms with E-state index in [4.69, 9.17) is 0 Å². The highest BCUT2D eigenvalue weighted by Gasteiger charge is 2.35. The van der Waals surface area contributed by atoms with E-state index in [2.05, 4.69) is 34.3 Å². The molecule has 1 fully saturated rings. The maximum Gasteiger partial charge on any atom is 0.242 e. The highest BCUT2D eigenvalue weighted by molar-refractivity contribution is 5.93. The normalized spacial score (nSPS) is 18.4. The van der Waals surface area contributed by atoms with Crippen LogP contribution in [0.2, 0.25) is 0 Å². The molecule has 2 aromatic heterocycles. The van der Waals surface area contributed by atoms with Gasteiger partial charge in [-0.1, -0.05) is 6.92 Å². The molecule has 0 radical (unpaired) electrons. The summed E-state index contributed by atoms with van der Waals surface area (Å²) >= 11 is 0. The molecule has 23 heavy (non-hydrogen) atoms. The van der Waals surface area contributed by atoms with Crippen LogP contribution in [-0.2, 0) is 4.79 Å². The predicted octanol–water partition coefficient (Wildman–Crippen LogP) is 1.93. The molecule has 2 aromatic rings. The Balaban J connectivity index is 1.56. The molecule has 1 aliphatic rings. The third-order valence-corrected chi connectivity index (χ3v) is 4.65. The van der Waals surface area contributed by atoms with E-state index < -0.39 is 0 Å². The van der Waals surface area contributed by atoms with Gasteiger partial charge in [-0.05, 0) is 26.3 Å². The molecule has 3 heterocycles. The van der Waals surface area contributed by atoms with Crippen molar-refractivity contribution in [3.8, 4) is 0 Å². The molecule has 0 aliphatic carbocycles. The fourth-order valence-corrected chi connectivity index (χ4v) is 2.80. The lowest BCUT2D eigenvalue weighted by Gasteiger charge is -2.42. The third-order valence-electron chi connectivity index (χ3n) is 4.65. The van der Waals surface area contributed by atoms with E-state index in [0.717, 1.165) is 25.3 Å². The summed E-state index contributed by atoms with van der Waals surface area (Å²) in [5.74, 6) is 0.773. The van der Waals surface area contributed by atoms with E-state index in [1.54, 1.807) is 12.4 Å². The Morgan fingerprint density at radius 1 is 1.35 bits per heavy atom. The van der Waals surface area contributed by atoms with Gasteiger partial charge in [0.25, 0.3) is 0 Å². The Labute approximate surface area is 136 Å². The van der Waals surface area contributed by atoms with Crippen molar-refractivity contribution >= 4 is 11.7 Å². The first kappa shape index (κ1) is 15.7. The Bertz CT molecular complexity index is 643. The number of anilines is 1. The molecule has 1 aliphatic heterocycles. The number of likely N-dealkylation sites (tertiary alicyclic amines) is 1. The van der Waals surface area contributed by atoms with Gasteiger partial charge in [-0.15, -0.1) is 0 Å². The van der Waals surface area contributed by atoms with Crippen molar-refractivity contribution in [1.82, 2.24) is 24.5 Å². The van der Waals surface area contributed by atoms with Crippen LogP contribution < -0.4 is 5.32 Å². The molecule has 0 unspecified atom stereocenters. The molecule has 7 nitrogen and oxygen atoms in total. The van der Waals surface area contributed by atoms with Gasteiger partial charge in [0.2, 0.25) is 5.91 Å². The van der Waals surface area contributed by atoms with Gasteiger partial charge in [-0.25, -0.2) is 4.68 Å². The van der Waals surface area contributed by atoms with Crippen molar-refractivity contribution in [2.24, 2.45) is 0 Å². The van der Waals surface area contributed by atoms with Gasteiger partial charge in [0.05, 0.1) is 24.3 Å². The SMILES string of the molecule is CC[C@@H](C)n1nccc1NC(=O)[C@H](C)N1CC(n2cccn2)C1. The van der Waals surface area contributed by atoms with E-state index in [9.17, 15) is 4.79 Å². The Morgan fingerprint density at radius 3 is 2.78 bits per heavy atom. The number of amides is 1. The van der Waals surface area contributed by atoms with Gasteiger partial charge < -0.3 is 5.32 Å². The highest BCUT2D eigenvalue weighted by atomic mass is 16.2. The summed E-state index contributed by atoms with van der Waals surface area (Å²) in [5, 5.41) is 11.6. The van der Waals surface area contributed by atoms with E-state index >= 15 is 0 Å². The molecule has 0 spiro atoms. The minimum atomic E-state index is -0.165. The topological polar surface area (TPSA) is 68.0 Å². The van der Waals surface area contributed by atoms with Crippen molar-refractivity contribution in [3.05, 3.63) is 30.7 Å². The fraction of sp³-hybridized carbons (Fsp3) is 0.562. The maximum absolute atomic E-state index is 12.5. The first-order valence-corrected chi connectivity index (χ1v) is 8.17. The minimum Gasteiger partial charge on any atom is -0.310 e. The van der Waals surface area contributed by atoms with Crippen molar-refractivity contribution in [1.29, 1.82) is 0 Å². The monoisotopic (exact) mass is 316 g/mol. The molecule has 7 heteroatoms. The Hall–Kier alpha value is -2.15. The Morgan fingerprint density at radius 2 is 2.13 bits per heavy atom. The lowest BCUT2D eigenvalue weighted by atomic mass is 10.1. The van der Waals surface area contributed by atoms with E-state index in [0.29, 0.717) is 6.04 Å². The molecule has 0 bridgehead atoms. The minimum absolute atomic E-state index is 0.00830. The van der Waals surface area contributed by atoms with Crippen LogP contribution in [0, 0.1) is 0 Å². The summed E-state index contributed by atoms with van der Waals surface area (Å²) in [6.07, 6.45) is 6.45. The van der Waals surface area contributed by atoms with Crippen LogP contribution in [0.4, 0.5) is 5.82 Å². The molecule has 2 atom stereocenters. The molecular formula is C16H24N6O. The molecule has 1 saturated heterocycles. The molecule has 124 valence electrons. The number of hydrogen-bond acceptors (Lipinski definition) is 4. The number of hydrogen-bond donors (Lipinski definition) is 1. The van der Waals surface area contributed by atoms with Crippen LogP contribution >= 0.6 is 0 Å². The largest absolute Gasteiger partial charge is 0.310 e. The van der Waals surface area contributed by atoms with Crippen LogP contribution in [0.25, 0.3) is 0 Å². The van der Waals surface area contributed by atoms with Crippen LogP contribution in [0.15, 0.2) is 30.7 Å². The fourth-order valence-electron chi connectivity index (χ4n) is 2.80. The second kappa shape index (κ2) is 6.54. The van der Waals surface area contributed by atoms with Gasteiger partial charge in [-0.2, -0.15) is 10.2 Å². The highest BCUT2D eigenvalue weighted by Crippen LogP contribution is 2.23. The first-order valence-electron chi connectivity index (χ1n) is 8.17. The van der Waals surface area contributed by atoms with Gasteiger partial charge in [0.1, 0.15) is 5.82 Å². The summed E-state index contributed by atoms with van der Waals surface area (Å²) in [6.45, 7) is 7.84. The number of aromatic nitrogens is 4. The second-order valence-corrected chi connectivity index (χ2v) is 6.18. The summed E-state index contributed by atoms with van der Waals surface area (Å²) in [5.41, 5.74) is 0. The Kier molecular flexibility index (Phi) is 4.47. The predicted molar refractivity (Wildman–Crippen MR) is 88.2 cm³/mol. The zero-order chi connectivity index (χ0) is 16.4. The quantitative estimate of drug-likeness (QED) is 0.884. The smallest absolute Gasteiger partial charge is 0.242 e. The van der Waals surface area contributed by atoms with Crippen LogP contribution in [0.1, 0.15) is 39.3 Å². The molecular weight excluding hydrogens is 292 g/mol. The lowest BCUT2D eigenvalue weighted by molar-refractivity contribution is -0.123. The van der Waals surface area contributed by atoms with Crippen molar-refractivity contribution in [2.75, 3.05) is 18.4 Å². The summed E-state index contributed by atoms with van der Waals surface area (Å²) in [7, 11) is 0. The second-order valence-electron chi connectivity index (χ2n) is 6.18. The number of nitrogens with one attached hydrogen (secondary N) is 1. The molecule has 1 amide bonds. The van der Waals surface area contributed by atoms with E-state index in [1.807, 2.05) is 34.6 Å². The molecule has 0 aromatic carbocycles. The summed E-state index contributed by atoms with van der Waals surface area (Å²) in [6, 6.07) is 4.24. The standard InChI is InChI=1S/C16H24N6O/c1-4-12(2)22-15(6-8-18-22)19-16(23)13(3)20-10-14(11-20)21-9-5-7-17-21/h5-9,12-14H,4,10-11H2,1-3H3,(H,19,23)/t12-,13+/m1/s1. The summed E-state index contributed by atoms with van der Waals surface area (Å²) in [4.78, 5) is 14.6. The molecule has 0 saturated carbocycles. The number of nitrogens with zero attached hydrogens (tertiary/aromatic N) is 5. The van der Waals surface area contributed by atoms with Gasteiger partial charge in [0.15, 0.2) is 0 Å². The van der Waals surface area contributed by atoms with Crippen molar-refractivity contribution in [3.63, 3.8) is 0 Å². The van der Waals surface area contributed by atoms with Gasteiger partial charge >= 0.3 is 0 Å². The first-order chi connectivity index (χ1) is 11.1. The average Bonchev–Trinajstić information content (AvgIpc) is 3.16. The molecule has 3 rings (SSSR count). The zero-order valence-corrected chi connectivity index (χ0v) is 13.9. The average molecular weight is 316 g/mol. The molecule has 1 N–H and O–H groups in total. The third kappa shape index (κ3) is 3.14. The van der Waals surface area contributed by atoms with E-state index in [1.165, 1.54) is 0 Å². The van der Waals surface area contributed by atoms with Crippen LogP contribution in [0.5, 0.6) is 0 Å². The number of carbonyl (C=O) groups excluding carboxylic acids is 1. The van der Waals surface area contributed by atoms with E-state index in [-0.39, 0.29) is 18.0 Å². The number of rotatable bonds is 6. The zero-order valence-electron chi connectivity index (χ0n) is 13.9. The van der Waals surface area contributed by atoms with Crippen molar-refractivity contribution < 1.29 is 4.79 Å².